The van der Waals surface area contributed by atoms with Crippen molar-refractivity contribution in [1.82, 2.24) is 5.43 Å². The van der Waals surface area contributed by atoms with E-state index in [9.17, 15) is 0 Å². The molecule has 3 atom stereocenters. The number of nitrogens with two attached hydrogens (primary N) is 1. The van der Waals surface area contributed by atoms with Crippen molar-refractivity contribution in [2.24, 2.45) is 11.8 Å². The van der Waals surface area contributed by atoms with Crippen LogP contribution in [0.2, 0.25) is 0 Å². The van der Waals surface area contributed by atoms with Crippen molar-refractivity contribution in [1.29, 1.82) is 0 Å². The fourth-order valence-corrected chi connectivity index (χ4v) is 4.51. The molecule has 4 nitrogen and oxygen atoms in total. The summed E-state index contributed by atoms with van der Waals surface area (Å²) in [6.45, 7) is 0.837. The van der Waals surface area contributed by atoms with Crippen LogP contribution in [-0.2, 0) is 4.74 Å². The molecule has 18 heavy (non-hydrogen) atoms. The van der Waals surface area contributed by atoms with Gasteiger partial charge in [-0.2, -0.15) is 11.8 Å². The second-order valence-corrected chi connectivity index (χ2v) is 6.35. The van der Waals surface area contributed by atoms with Crippen LogP contribution in [0.5, 0.6) is 0 Å². The smallest absolute Gasteiger partial charge is 0.122 e. The van der Waals surface area contributed by atoms with Gasteiger partial charge in [0.15, 0.2) is 0 Å². The van der Waals surface area contributed by atoms with Crippen LogP contribution in [0.4, 0.5) is 0 Å². The lowest BCUT2D eigenvalue weighted by Gasteiger charge is -2.40. The zero-order valence-electron chi connectivity index (χ0n) is 10.4. The topological polar surface area (TPSA) is 60.4 Å². The van der Waals surface area contributed by atoms with Gasteiger partial charge in [-0.1, -0.05) is 0 Å². The van der Waals surface area contributed by atoms with Gasteiger partial charge in [-0.15, -0.1) is 0 Å². The lowest BCUT2D eigenvalue weighted by atomic mass is 9.80. The van der Waals surface area contributed by atoms with Gasteiger partial charge in [-0.05, 0) is 43.1 Å². The summed E-state index contributed by atoms with van der Waals surface area (Å²) in [6, 6.07) is 4.02. The summed E-state index contributed by atoms with van der Waals surface area (Å²) in [6.07, 6.45) is 5.00. The molecule has 3 unspecified atom stereocenters. The Bertz CT molecular complexity index is 376. The lowest BCUT2D eigenvalue weighted by Crippen LogP contribution is -2.45. The van der Waals surface area contributed by atoms with E-state index in [1.54, 1.807) is 6.26 Å². The van der Waals surface area contributed by atoms with E-state index in [2.05, 4.69) is 5.43 Å². The van der Waals surface area contributed by atoms with Gasteiger partial charge in [0, 0.05) is 12.4 Å². The van der Waals surface area contributed by atoms with Gasteiger partial charge < -0.3 is 9.15 Å². The normalized spacial score (nSPS) is 33.9. The minimum absolute atomic E-state index is 0.0925. The summed E-state index contributed by atoms with van der Waals surface area (Å²) < 4.78 is 11.6. The SMILES string of the molecule is NNC(c1ccco1)C1CCOC2(CCSC2)C1. The van der Waals surface area contributed by atoms with E-state index < -0.39 is 0 Å². The molecule has 3 N–H and O–H groups in total. The highest BCUT2D eigenvalue weighted by Crippen LogP contribution is 2.43. The fourth-order valence-electron chi connectivity index (χ4n) is 3.13. The number of thioether (sulfide) groups is 1. The molecule has 1 aromatic rings. The van der Waals surface area contributed by atoms with E-state index in [0.29, 0.717) is 5.92 Å². The van der Waals surface area contributed by atoms with Gasteiger partial charge in [-0.25, -0.2) is 5.43 Å². The molecule has 0 amide bonds. The minimum atomic E-state index is 0.0925. The van der Waals surface area contributed by atoms with Crippen molar-refractivity contribution in [3.8, 4) is 0 Å². The molecule has 0 saturated carbocycles. The molecule has 0 aromatic carbocycles. The molecule has 2 aliphatic rings. The maximum Gasteiger partial charge on any atom is 0.122 e. The molecule has 0 bridgehead atoms. The monoisotopic (exact) mass is 268 g/mol. The Morgan fingerprint density at radius 3 is 3.17 bits per heavy atom. The van der Waals surface area contributed by atoms with Crippen molar-refractivity contribution >= 4 is 11.8 Å². The Balaban J connectivity index is 1.74. The summed E-state index contributed by atoms with van der Waals surface area (Å²) in [5, 5.41) is 0. The van der Waals surface area contributed by atoms with Crippen molar-refractivity contribution < 1.29 is 9.15 Å². The van der Waals surface area contributed by atoms with Gasteiger partial charge in [-0.3, -0.25) is 5.84 Å². The van der Waals surface area contributed by atoms with Crippen LogP contribution < -0.4 is 11.3 Å². The molecule has 3 heterocycles. The van der Waals surface area contributed by atoms with Gasteiger partial charge in [0.1, 0.15) is 5.76 Å². The van der Waals surface area contributed by atoms with Gasteiger partial charge >= 0.3 is 0 Å². The van der Waals surface area contributed by atoms with Crippen molar-refractivity contribution in [3.05, 3.63) is 24.2 Å². The Labute approximate surface area is 112 Å². The van der Waals surface area contributed by atoms with E-state index in [4.69, 9.17) is 15.0 Å². The minimum Gasteiger partial charge on any atom is -0.468 e. The third-order valence-corrected chi connectivity index (χ3v) is 5.32. The molecule has 3 rings (SSSR count). The standard InChI is InChI=1S/C13H20N2O2S/c14-15-12(11-2-1-5-16-11)10-3-6-17-13(8-10)4-7-18-9-13/h1-2,5,10,12,15H,3-4,6-9,14H2. The zero-order chi connectivity index (χ0) is 12.4. The van der Waals surface area contributed by atoms with Crippen LogP contribution in [0, 0.1) is 5.92 Å². The highest BCUT2D eigenvalue weighted by atomic mass is 32.2. The summed E-state index contributed by atoms with van der Waals surface area (Å²) in [5.41, 5.74) is 3.02. The van der Waals surface area contributed by atoms with Crippen LogP contribution in [-0.4, -0.2) is 23.7 Å². The molecule has 0 aliphatic carbocycles. The van der Waals surface area contributed by atoms with E-state index in [0.717, 1.165) is 31.0 Å². The number of hydrogen-bond acceptors (Lipinski definition) is 5. The number of hydrogen-bond donors (Lipinski definition) is 2. The molecule has 2 aliphatic heterocycles. The van der Waals surface area contributed by atoms with Crippen molar-refractivity contribution in [3.63, 3.8) is 0 Å². The Morgan fingerprint density at radius 1 is 1.56 bits per heavy atom. The van der Waals surface area contributed by atoms with Gasteiger partial charge in [0.25, 0.3) is 0 Å². The predicted molar refractivity (Wildman–Crippen MR) is 72.1 cm³/mol. The maximum absolute atomic E-state index is 6.05. The molecule has 1 spiro atoms. The van der Waals surface area contributed by atoms with Crippen LogP contribution >= 0.6 is 11.8 Å². The first-order valence-electron chi connectivity index (χ1n) is 6.54. The maximum atomic E-state index is 6.05. The molecular weight excluding hydrogens is 248 g/mol. The molecule has 5 heteroatoms. The highest BCUT2D eigenvalue weighted by Gasteiger charge is 2.43. The summed E-state index contributed by atoms with van der Waals surface area (Å²) in [7, 11) is 0. The second-order valence-electron chi connectivity index (χ2n) is 5.25. The Morgan fingerprint density at radius 2 is 2.50 bits per heavy atom. The van der Waals surface area contributed by atoms with E-state index in [1.807, 2.05) is 23.9 Å². The highest BCUT2D eigenvalue weighted by molar-refractivity contribution is 7.99. The van der Waals surface area contributed by atoms with Crippen molar-refractivity contribution in [2.45, 2.75) is 30.9 Å². The Hall–Kier alpha value is -0.490. The average Bonchev–Trinajstić information content (AvgIpc) is 3.03. The summed E-state index contributed by atoms with van der Waals surface area (Å²) >= 11 is 2.00. The fraction of sp³-hybridized carbons (Fsp3) is 0.692. The first-order chi connectivity index (χ1) is 8.83. The number of ether oxygens (including phenoxy) is 1. The molecule has 0 radical (unpaired) electrons. The zero-order valence-corrected chi connectivity index (χ0v) is 11.2. The first-order valence-corrected chi connectivity index (χ1v) is 7.70. The number of rotatable bonds is 3. The molecule has 1 aromatic heterocycles. The summed E-state index contributed by atoms with van der Waals surface area (Å²) in [4.78, 5) is 0. The van der Waals surface area contributed by atoms with E-state index >= 15 is 0 Å². The summed E-state index contributed by atoms with van der Waals surface area (Å²) in [5.74, 6) is 9.50. The predicted octanol–water partition coefficient (Wildman–Crippen LogP) is 2.09. The number of hydrazine groups is 1. The van der Waals surface area contributed by atoms with Crippen LogP contribution in [0.25, 0.3) is 0 Å². The number of nitrogens with one attached hydrogen (secondary N) is 1. The van der Waals surface area contributed by atoms with Crippen LogP contribution in [0.15, 0.2) is 22.8 Å². The van der Waals surface area contributed by atoms with Crippen LogP contribution in [0.1, 0.15) is 31.1 Å². The largest absolute Gasteiger partial charge is 0.468 e. The molecule has 2 saturated heterocycles. The van der Waals surface area contributed by atoms with Crippen LogP contribution in [0.3, 0.4) is 0 Å². The van der Waals surface area contributed by atoms with Crippen molar-refractivity contribution in [2.75, 3.05) is 18.1 Å². The lowest BCUT2D eigenvalue weighted by molar-refractivity contribution is -0.0864. The molecule has 2 fully saturated rings. The quantitative estimate of drug-likeness (QED) is 0.649. The van der Waals surface area contributed by atoms with Gasteiger partial charge in [0.05, 0.1) is 17.9 Å². The van der Waals surface area contributed by atoms with E-state index in [1.165, 1.54) is 12.2 Å². The second kappa shape index (κ2) is 5.25. The number of furan rings is 1. The average molecular weight is 268 g/mol. The Kier molecular flexibility index (Phi) is 3.66. The molecule has 100 valence electrons. The third-order valence-electron chi connectivity index (χ3n) is 4.10. The van der Waals surface area contributed by atoms with E-state index in [-0.39, 0.29) is 11.6 Å². The first kappa shape index (κ1) is 12.5. The van der Waals surface area contributed by atoms with Gasteiger partial charge in [0.2, 0.25) is 0 Å². The molecular formula is C13H20N2O2S. The third kappa shape index (κ3) is 2.32.